The monoisotopic (exact) mass is 305 g/mol. The van der Waals surface area contributed by atoms with E-state index >= 15 is 0 Å². The van der Waals surface area contributed by atoms with E-state index in [9.17, 15) is 0 Å². The quantitative estimate of drug-likeness (QED) is 0.373. The number of rotatable bonds is 0. The van der Waals surface area contributed by atoms with Crippen LogP contribution in [-0.2, 0) is 40.2 Å². The maximum atomic E-state index is 7.75. The zero-order chi connectivity index (χ0) is 12.7. The third kappa shape index (κ3) is 10.8. The van der Waals surface area contributed by atoms with Gasteiger partial charge in [-0.05, 0) is 0 Å². The molecule has 2 bridgehead atoms. The summed E-state index contributed by atoms with van der Waals surface area (Å²) < 4.78 is 0. The first-order chi connectivity index (χ1) is 7.45. The van der Waals surface area contributed by atoms with Crippen molar-refractivity contribution in [2.75, 3.05) is 0 Å². The van der Waals surface area contributed by atoms with Gasteiger partial charge in [0.1, 0.15) is 0 Å². The molecular weight excluding hydrogens is 292 g/mol. The molecule has 0 aliphatic heterocycles. The van der Waals surface area contributed by atoms with Gasteiger partial charge in [-0.2, -0.15) is 30.2 Å². The van der Waals surface area contributed by atoms with Crippen molar-refractivity contribution in [1.82, 2.24) is 0 Å². The van der Waals surface area contributed by atoms with E-state index in [0.29, 0.717) is 0 Å². The molecule has 0 unspecified atom stereocenters. The number of hydrogen-bond donors (Lipinski definition) is 0. The van der Waals surface area contributed by atoms with Crippen LogP contribution in [0.15, 0.2) is 24.3 Å². The van der Waals surface area contributed by atoms with E-state index in [1.807, 2.05) is 0 Å². The Morgan fingerprint density at radius 2 is 1.12 bits per heavy atom. The third-order valence-electron chi connectivity index (χ3n) is 1.59. The van der Waals surface area contributed by atoms with Crippen molar-refractivity contribution in [2.24, 2.45) is 5.92 Å². The molecule has 0 saturated heterocycles. The van der Waals surface area contributed by atoms with Crippen LogP contribution in [0.3, 0.4) is 0 Å². The standard InChI is InChI=1S/C7H7.4CHO.Mo/c1-2-7-4-3-6(1)5-7;4*1-2;/h1-4,6H,5H2;4*1H;/q5*-1;. The van der Waals surface area contributed by atoms with Crippen LogP contribution in [0.2, 0.25) is 0 Å². The minimum atomic E-state index is 0. The fraction of sp³-hybridized carbons (Fsp3) is 0.182. The zero-order valence-electron chi connectivity index (χ0n) is 8.44. The molecule has 0 amide bonds. The summed E-state index contributed by atoms with van der Waals surface area (Å²) in [6.07, 6.45) is 10.2. The molecule has 0 radical (unpaired) electrons. The molecule has 2 aliphatic carbocycles. The minimum absolute atomic E-state index is 0. The first kappa shape index (κ1) is 24.1. The Morgan fingerprint density at radius 1 is 0.812 bits per heavy atom. The van der Waals surface area contributed by atoms with Gasteiger partial charge in [-0.15, -0.1) is 5.92 Å². The van der Waals surface area contributed by atoms with Crippen molar-refractivity contribution in [3.05, 3.63) is 30.2 Å². The van der Waals surface area contributed by atoms with Gasteiger partial charge >= 0.3 is 0 Å². The van der Waals surface area contributed by atoms with Gasteiger partial charge in [-0.1, -0.05) is 6.42 Å². The van der Waals surface area contributed by atoms with Gasteiger partial charge in [0.15, 0.2) is 0 Å². The molecular formula is C11H11MoO4-5. The van der Waals surface area contributed by atoms with Crippen molar-refractivity contribution in [1.29, 1.82) is 0 Å². The second kappa shape index (κ2) is 23.5. The van der Waals surface area contributed by atoms with E-state index in [0.717, 1.165) is 5.92 Å². The van der Waals surface area contributed by atoms with Crippen molar-refractivity contribution in [3.8, 4) is 0 Å². The van der Waals surface area contributed by atoms with Crippen molar-refractivity contribution >= 4 is 27.2 Å². The summed E-state index contributed by atoms with van der Waals surface area (Å²) in [5.74, 6) is 2.28. The van der Waals surface area contributed by atoms with Crippen LogP contribution >= 0.6 is 0 Å². The van der Waals surface area contributed by atoms with Crippen molar-refractivity contribution < 1.29 is 40.2 Å². The third-order valence-corrected chi connectivity index (χ3v) is 1.59. The summed E-state index contributed by atoms with van der Waals surface area (Å²) in [7, 11) is 0. The van der Waals surface area contributed by atoms with Crippen LogP contribution in [0, 0.1) is 11.8 Å². The summed E-state index contributed by atoms with van der Waals surface area (Å²) in [5, 5.41) is 0. The predicted octanol–water partition coefficient (Wildman–Crippen LogP) is 0.608. The molecule has 90 valence electrons. The summed E-state index contributed by atoms with van der Waals surface area (Å²) >= 11 is 0. The number of hydrogen-bond acceptors (Lipinski definition) is 4. The van der Waals surface area contributed by atoms with Crippen molar-refractivity contribution in [3.63, 3.8) is 0 Å². The Morgan fingerprint density at radius 3 is 1.19 bits per heavy atom. The van der Waals surface area contributed by atoms with Gasteiger partial charge in [-0.25, -0.2) is 0 Å². The predicted molar refractivity (Wildman–Crippen MR) is 56.6 cm³/mol. The van der Waals surface area contributed by atoms with Crippen LogP contribution in [0.5, 0.6) is 0 Å². The molecule has 0 saturated carbocycles. The van der Waals surface area contributed by atoms with Crippen LogP contribution in [0.1, 0.15) is 6.42 Å². The fourth-order valence-electron chi connectivity index (χ4n) is 1.16. The van der Waals surface area contributed by atoms with Crippen LogP contribution < -0.4 is 0 Å². The summed E-state index contributed by atoms with van der Waals surface area (Å²) in [6.45, 7) is 13.0. The molecule has 4 nitrogen and oxygen atoms in total. The van der Waals surface area contributed by atoms with E-state index in [2.05, 4.69) is 51.5 Å². The van der Waals surface area contributed by atoms with Gasteiger partial charge in [0.2, 0.25) is 0 Å². The van der Waals surface area contributed by atoms with E-state index in [4.69, 9.17) is 19.2 Å². The molecule has 5 heteroatoms. The Balaban J connectivity index is -0.0000000705. The fourth-order valence-corrected chi connectivity index (χ4v) is 1.16. The average molecular weight is 303 g/mol. The first-order valence-electron chi connectivity index (χ1n) is 3.62. The topological polar surface area (TPSA) is 68.3 Å². The Hall–Kier alpha value is -1.28. The van der Waals surface area contributed by atoms with Gasteiger partial charge < -0.3 is 19.2 Å². The molecule has 0 fully saturated rings. The van der Waals surface area contributed by atoms with Crippen molar-refractivity contribution in [2.45, 2.75) is 6.42 Å². The maximum absolute atomic E-state index is 7.75. The Labute approximate surface area is 110 Å². The average Bonchev–Trinajstić information content (AvgIpc) is 3.04. The molecule has 0 atom stereocenters. The second-order valence-corrected chi connectivity index (χ2v) is 2.16. The normalized spacial score (nSPS) is 12.1. The molecule has 0 spiro atoms. The molecule has 2 rings (SSSR count). The Bertz CT molecular complexity index is 158. The van der Waals surface area contributed by atoms with Gasteiger partial charge in [0, 0.05) is 21.1 Å². The van der Waals surface area contributed by atoms with E-state index in [1.54, 1.807) is 0 Å². The van der Waals surface area contributed by atoms with Crippen LogP contribution in [0.25, 0.3) is 0 Å². The van der Waals surface area contributed by atoms with E-state index in [1.165, 1.54) is 12.3 Å². The molecule has 2 aliphatic rings. The minimum Gasteiger partial charge on any atom is -0.545 e. The van der Waals surface area contributed by atoms with Crippen LogP contribution in [0.4, 0.5) is 0 Å². The summed E-state index contributed by atoms with van der Waals surface area (Å²) in [5.41, 5.74) is 0. The van der Waals surface area contributed by atoms with Gasteiger partial charge in [0.05, 0.1) is 0 Å². The summed E-state index contributed by atoms with van der Waals surface area (Å²) in [4.78, 5) is 31.0. The zero-order valence-corrected chi connectivity index (χ0v) is 10.5. The SMILES string of the molecule is C1=CC2C=C[C-]1C2.[CH-]=O.[CH-]=O.[CH-]=O.[CH-]=O.[Mo]. The second-order valence-electron chi connectivity index (χ2n) is 2.16. The number of fused-ring (bicyclic) bond motifs is 2. The number of allylic oxidation sites excluding steroid dienone is 4. The smallest absolute Gasteiger partial charge is 0 e. The first-order valence-corrected chi connectivity index (χ1v) is 3.62. The molecule has 0 aromatic heterocycles. The van der Waals surface area contributed by atoms with Gasteiger partial charge in [0.25, 0.3) is 0 Å². The van der Waals surface area contributed by atoms with Crippen LogP contribution in [-0.4, -0.2) is 27.2 Å². The van der Waals surface area contributed by atoms with E-state index < -0.39 is 0 Å². The van der Waals surface area contributed by atoms with E-state index in [-0.39, 0.29) is 21.1 Å². The maximum Gasteiger partial charge on any atom is 0 e. The molecule has 0 aromatic rings. The molecule has 0 aromatic carbocycles. The molecule has 0 N–H and O–H groups in total. The Kier molecular flexibility index (Phi) is 35.4. The molecule has 16 heavy (non-hydrogen) atoms. The van der Waals surface area contributed by atoms with Gasteiger partial charge in [-0.3, -0.25) is 27.2 Å². The molecule has 0 heterocycles. The largest absolute Gasteiger partial charge is 0.545 e. The number of carbonyl (C=O) groups excluding carboxylic acids is 4. The summed E-state index contributed by atoms with van der Waals surface area (Å²) in [6, 6.07) is 0.